The molecule has 1 amide bonds. The third-order valence-electron chi connectivity index (χ3n) is 3.90. The lowest BCUT2D eigenvalue weighted by atomic mass is 10.0. The fraction of sp³-hybridized carbons (Fsp3) is 0.467. The summed E-state index contributed by atoms with van der Waals surface area (Å²) in [5, 5.41) is 2.96. The van der Waals surface area contributed by atoms with Crippen LogP contribution in [0.4, 0.5) is 5.69 Å². The van der Waals surface area contributed by atoms with E-state index in [0.29, 0.717) is 6.61 Å². The summed E-state index contributed by atoms with van der Waals surface area (Å²) in [6.45, 7) is 3.26. The molecule has 1 unspecified atom stereocenters. The number of carbonyl (C=O) groups is 1. The maximum Gasteiger partial charge on any atom is 0.229 e. The zero-order chi connectivity index (χ0) is 14.1. The van der Waals surface area contributed by atoms with Crippen LogP contribution in [-0.4, -0.2) is 28.7 Å². The molecule has 1 atom stereocenters. The van der Waals surface area contributed by atoms with Gasteiger partial charge in [0, 0.05) is 19.3 Å². The van der Waals surface area contributed by atoms with Crippen LogP contribution in [0.25, 0.3) is 11.0 Å². The van der Waals surface area contributed by atoms with Crippen molar-refractivity contribution >= 4 is 22.6 Å². The van der Waals surface area contributed by atoms with E-state index >= 15 is 0 Å². The number of carbonyl (C=O) groups excluding carboxylic acids is 1. The summed E-state index contributed by atoms with van der Waals surface area (Å²) >= 11 is 0. The van der Waals surface area contributed by atoms with Crippen LogP contribution in [0.5, 0.6) is 0 Å². The number of fused-ring (bicyclic) bond motifs is 1. The second-order valence-electron chi connectivity index (χ2n) is 5.32. The van der Waals surface area contributed by atoms with Crippen LogP contribution in [0.3, 0.4) is 0 Å². The fourth-order valence-corrected chi connectivity index (χ4v) is 2.59. The predicted molar refractivity (Wildman–Crippen MR) is 77.6 cm³/mol. The standard InChI is InChI=1S/C15H19N3O2/c1-10-16-13-8-12(5-6-14(13)18(10)2)17-15(19)11-4-3-7-20-9-11/h5-6,8,11H,3-4,7,9H2,1-2H3,(H,17,19). The Morgan fingerprint density at radius 1 is 1.50 bits per heavy atom. The van der Waals surface area contributed by atoms with Crippen LogP contribution in [0, 0.1) is 12.8 Å². The second kappa shape index (κ2) is 5.25. The fourth-order valence-electron chi connectivity index (χ4n) is 2.59. The van der Waals surface area contributed by atoms with Crippen molar-refractivity contribution in [1.29, 1.82) is 0 Å². The highest BCUT2D eigenvalue weighted by atomic mass is 16.5. The number of ether oxygens (including phenoxy) is 1. The van der Waals surface area contributed by atoms with Gasteiger partial charge in [-0.15, -0.1) is 0 Å². The topological polar surface area (TPSA) is 56.1 Å². The highest BCUT2D eigenvalue weighted by molar-refractivity contribution is 5.94. The van der Waals surface area contributed by atoms with Crippen LogP contribution in [0.2, 0.25) is 0 Å². The Kier molecular flexibility index (Phi) is 3.44. The normalized spacial score (nSPS) is 19.2. The average Bonchev–Trinajstić information content (AvgIpc) is 2.74. The lowest BCUT2D eigenvalue weighted by Crippen LogP contribution is -2.30. The van der Waals surface area contributed by atoms with Gasteiger partial charge in [-0.3, -0.25) is 4.79 Å². The smallest absolute Gasteiger partial charge is 0.229 e. The zero-order valence-electron chi connectivity index (χ0n) is 11.8. The van der Waals surface area contributed by atoms with Crippen LogP contribution in [-0.2, 0) is 16.6 Å². The molecule has 106 valence electrons. The van der Waals surface area contributed by atoms with Gasteiger partial charge in [0.05, 0.1) is 23.6 Å². The van der Waals surface area contributed by atoms with E-state index < -0.39 is 0 Å². The molecule has 20 heavy (non-hydrogen) atoms. The number of anilines is 1. The molecule has 0 radical (unpaired) electrons. The Labute approximate surface area is 117 Å². The third kappa shape index (κ3) is 2.41. The highest BCUT2D eigenvalue weighted by Gasteiger charge is 2.21. The van der Waals surface area contributed by atoms with Crippen LogP contribution in [0.15, 0.2) is 18.2 Å². The summed E-state index contributed by atoms with van der Waals surface area (Å²) in [7, 11) is 1.99. The number of nitrogens with zero attached hydrogens (tertiary/aromatic N) is 2. The number of nitrogens with one attached hydrogen (secondary N) is 1. The zero-order valence-corrected chi connectivity index (χ0v) is 11.8. The van der Waals surface area contributed by atoms with Gasteiger partial charge in [-0.05, 0) is 38.0 Å². The highest BCUT2D eigenvalue weighted by Crippen LogP contribution is 2.21. The first-order valence-electron chi connectivity index (χ1n) is 6.97. The van der Waals surface area contributed by atoms with E-state index in [1.807, 2.05) is 36.7 Å². The maximum absolute atomic E-state index is 12.2. The molecule has 1 aliphatic heterocycles. The van der Waals surface area contributed by atoms with Gasteiger partial charge in [-0.1, -0.05) is 0 Å². The van der Waals surface area contributed by atoms with Gasteiger partial charge < -0.3 is 14.6 Å². The van der Waals surface area contributed by atoms with Gasteiger partial charge in [0.25, 0.3) is 0 Å². The molecule has 2 heterocycles. The Bertz CT molecular complexity index is 642. The van der Waals surface area contributed by atoms with Gasteiger partial charge in [0.2, 0.25) is 5.91 Å². The van der Waals surface area contributed by atoms with E-state index in [2.05, 4.69) is 10.3 Å². The molecule has 3 rings (SSSR count). The van der Waals surface area contributed by atoms with Gasteiger partial charge in [-0.25, -0.2) is 4.98 Å². The van der Waals surface area contributed by atoms with Gasteiger partial charge in [0.1, 0.15) is 5.82 Å². The van der Waals surface area contributed by atoms with Gasteiger partial charge >= 0.3 is 0 Å². The number of amides is 1. The van der Waals surface area contributed by atoms with Crippen molar-refractivity contribution in [2.45, 2.75) is 19.8 Å². The summed E-state index contributed by atoms with van der Waals surface area (Å²) in [4.78, 5) is 16.6. The SMILES string of the molecule is Cc1nc2cc(NC(=O)C3CCCOC3)ccc2n1C. The molecule has 5 nitrogen and oxygen atoms in total. The number of aromatic nitrogens is 2. The number of imidazole rings is 1. The number of rotatable bonds is 2. The molecule has 1 aromatic carbocycles. The van der Waals surface area contributed by atoms with Gasteiger partial charge in [-0.2, -0.15) is 0 Å². The van der Waals surface area contributed by atoms with E-state index in [1.165, 1.54) is 0 Å². The molecule has 1 aromatic heterocycles. The molecule has 1 aliphatic rings. The Morgan fingerprint density at radius 2 is 2.35 bits per heavy atom. The number of hydrogen-bond donors (Lipinski definition) is 1. The first-order chi connectivity index (χ1) is 9.65. The first kappa shape index (κ1) is 13.1. The molecule has 0 spiro atoms. The quantitative estimate of drug-likeness (QED) is 0.913. The lowest BCUT2D eigenvalue weighted by Gasteiger charge is -2.21. The molecule has 0 bridgehead atoms. The van der Waals surface area contributed by atoms with E-state index in [1.54, 1.807) is 0 Å². The second-order valence-corrected chi connectivity index (χ2v) is 5.32. The molecule has 1 fully saturated rings. The van der Waals surface area contributed by atoms with Crippen molar-refractivity contribution in [2.75, 3.05) is 18.5 Å². The minimum absolute atomic E-state index is 0.0371. The number of aryl methyl sites for hydroxylation is 2. The molecule has 1 saturated heterocycles. The Morgan fingerprint density at radius 3 is 3.10 bits per heavy atom. The largest absolute Gasteiger partial charge is 0.381 e. The molecular weight excluding hydrogens is 254 g/mol. The van der Waals surface area contributed by atoms with Crippen molar-refractivity contribution in [3.63, 3.8) is 0 Å². The van der Waals surface area contributed by atoms with E-state index in [4.69, 9.17) is 4.74 Å². The van der Waals surface area contributed by atoms with E-state index in [-0.39, 0.29) is 11.8 Å². The lowest BCUT2D eigenvalue weighted by molar-refractivity contribution is -0.123. The predicted octanol–water partition coefficient (Wildman–Crippen LogP) is 2.25. The molecule has 1 N–H and O–H groups in total. The first-order valence-corrected chi connectivity index (χ1v) is 6.97. The molecule has 0 saturated carbocycles. The van der Waals surface area contributed by atoms with E-state index in [9.17, 15) is 4.79 Å². The molecule has 5 heteroatoms. The van der Waals surface area contributed by atoms with Crippen molar-refractivity contribution in [2.24, 2.45) is 13.0 Å². The monoisotopic (exact) mass is 273 g/mol. The summed E-state index contributed by atoms with van der Waals surface area (Å²) in [5.41, 5.74) is 2.77. The summed E-state index contributed by atoms with van der Waals surface area (Å²) < 4.78 is 7.39. The van der Waals surface area contributed by atoms with Crippen molar-refractivity contribution in [3.05, 3.63) is 24.0 Å². The summed E-state index contributed by atoms with van der Waals surface area (Å²) in [6, 6.07) is 5.83. The Hall–Kier alpha value is -1.88. The maximum atomic E-state index is 12.2. The average molecular weight is 273 g/mol. The minimum atomic E-state index is -0.0371. The van der Waals surface area contributed by atoms with Gasteiger partial charge in [0.15, 0.2) is 0 Å². The summed E-state index contributed by atoms with van der Waals surface area (Å²) in [6.07, 6.45) is 1.85. The molecule has 2 aromatic rings. The number of hydrogen-bond acceptors (Lipinski definition) is 3. The number of benzene rings is 1. The van der Waals surface area contributed by atoms with Crippen molar-refractivity contribution < 1.29 is 9.53 Å². The third-order valence-corrected chi connectivity index (χ3v) is 3.90. The van der Waals surface area contributed by atoms with Crippen molar-refractivity contribution in [3.8, 4) is 0 Å². The Balaban J connectivity index is 1.78. The summed E-state index contributed by atoms with van der Waals surface area (Å²) in [5.74, 6) is 0.964. The van der Waals surface area contributed by atoms with Crippen LogP contribution in [0.1, 0.15) is 18.7 Å². The minimum Gasteiger partial charge on any atom is -0.381 e. The molecule has 0 aliphatic carbocycles. The van der Waals surface area contributed by atoms with Crippen molar-refractivity contribution in [1.82, 2.24) is 9.55 Å². The molecular formula is C15H19N3O2. The van der Waals surface area contributed by atoms with Crippen LogP contribution >= 0.6 is 0 Å². The van der Waals surface area contributed by atoms with Crippen LogP contribution < -0.4 is 5.32 Å². The van der Waals surface area contributed by atoms with E-state index in [0.717, 1.165) is 42.0 Å².